The molecule has 1 aromatic rings. The molecule has 1 heterocycles. The molecule has 0 aromatic carbocycles. The van der Waals surface area contributed by atoms with Crippen molar-refractivity contribution in [2.24, 2.45) is 0 Å². The fourth-order valence-corrected chi connectivity index (χ4v) is 1.72. The highest BCUT2D eigenvalue weighted by Crippen LogP contribution is 2.24. The van der Waals surface area contributed by atoms with Gasteiger partial charge in [0.25, 0.3) is 0 Å². The summed E-state index contributed by atoms with van der Waals surface area (Å²) >= 11 is 5.93. The second kappa shape index (κ2) is 5.87. The number of β-amino-alcohol motifs (C(OH)–C–C–N with tert-alkyl or cyclic N) is 1. The zero-order chi connectivity index (χ0) is 13.9. The molecule has 0 aliphatic carbocycles. The molecule has 4 N–H and O–H groups in total. The van der Waals surface area contributed by atoms with E-state index in [1.165, 1.54) is 0 Å². The molecule has 1 rings (SSSR count). The largest absolute Gasteiger partial charge is 0.387 e. The molecule has 0 bridgehead atoms. The molecule has 18 heavy (non-hydrogen) atoms. The van der Waals surface area contributed by atoms with Crippen molar-refractivity contribution in [1.82, 2.24) is 10.3 Å². The van der Waals surface area contributed by atoms with Crippen molar-refractivity contribution in [1.29, 1.82) is 0 Å². The second-order valence-electron chi connectivity index (χ2n) is 5.16. The first-order valence-electron chi connectivity index (χ1n) is 6.12. The average Bonchev–Trinajstić information content (AvgIpc) is 2.31. The van der Waals surface area contributed by atoms with Gasteiger partial charge in [0, 0.05) is 23.3 Å². The van der Waals surface area contributed by atoms with Crippen LogP contribution in [0.4, 0.5) is 5.82 Å². The molecule has 0 aliphatic heterocycles. The molecule has 1 atom stereocenters. The van der Waals surface area contributed by atoms with E-state index < -0.39 is 6.10 Å². The zero-order valence-corrected chi connectivity index (χ0v) is 12.2. The Morgan fingerprint density at radius 3 is 2.72 bits per heavy atom. The third-order valence-corrected chi connectivity index (χ3v) is 3.55. The van der Waals surface area contributed by atoms with Crippen LogP contribution in [0.25, 0.3) is 0 Å². The number of pyridine rings is 1. The van der Waals surface area contributed by atoms with Gasteiger partial charge in [-0.2, -0.15) is 0 Å². The summed E-state index contributed by atoms with van der Waals surface area (Å²) in [5, 5.41) is 13.9. The standard InChI is InChI=1S/C13H22ClN3O/c1-5-13(3,4)16-7-11(18)9-6-10(14)12(15)17-8(9)2/h6,11,16,18H,5,7H2,1-4H3,(H2,15,17)/t11-/m0/s1. The molecule has 0 amide bonds. The minimum Gasteiger partial charge on any atom is -0.387 e. The van der Waals surface area contributed by atoms with Gasteiger partial charge >= 0.3 is 0 Å². The van der Waals surface area contributed by atoms with Crippen molar-refractivity contribution in [3.8, 4) is 0 Å². The zero-order valence-electron chi connectivity index (χ0n) is 11.4. The van der Waals surface area contributed by atoms with Crippen molar-refractivity contribution in [3.63, 3.8) is 0 Å². The van der Waals surface area contributed by atoms with Gasteiger partial charge in [-0.15, -0.1) is 0 Å². The number of nitrogen functional groups attached to an aromatic ring is 1. The Kier molecular flexibility index (Phi) is 4.96. The summed E-state index contributed by atoms with van der Waals surface area (Å²) in [6.45, 7) is 8.58. The SMILES string of the molecule is CCC(C)(C)NC[C@H](O)c1cc(Cl)c(N)nc1C. The van der Waals surface area contributed by atoms with Gasteiger partial charge in [0.15, 0.2) is 0 Å². The summed E-state index contributed by atoms with van der Waals surface area (Å²) in [4.78, 5) is 4.12. The van der Waals surface area contributed by atoms with Crippen LogP contribution >= 0.6 is 11.6 Å². The second-order valence-corrected chi connectivity index (χ2v) is 5.57. The molecule has 102 valence electrons. The molecule has 0 fully saturated rings. The fraction of sp³-hybridized carbons (Fsp3) is 0.615. The Bertz CT molecular complexity index is 421. The number of halogens is 1. The maximum atomic E-state index is 10.2. The molecule has 0 aliphatic rings. The molecular weight excluding hydrogens is 250 g/mol. The van der Waals surface area contributed by atoms with Gasteiger partial charge < -0.3 is 16.2 Å². The number of nitrogens with one attached hydrogen (secondary N) is 1. The van der Waals surface area contributed by atoms with E-state index in [1.807, 2.05) is 6.92 Å². The third kappa shape index (κ3) is 3.83. The lowest BCUT2D eigenvalue weighted by Crippen LogP contribution is -2.41. The number of aryl methyl sites for hydroxylation is 1. The van der Waals surface area contributed by atoms with Crippen molar-refractivity contribution in [3.05, 3.63) is 22.3 Å². The topological polar surface area (TPSA) is 71.2 Å². The van der Waals surface area contributed by atoms with Gasteiger partial charge in [0.1, 0.15) is 5.82 Å². The van der Waals surface area contributed by atoms with E-state index >= 15 is 0 Å². The molecular formula is C13H22ClN3O. The van der Waals surface area contributed by atoms with Gasteiger partial charge in [0.2, 0.25) is 0 Å². The van der Waals surface area contributed by atoms with Crippen LogP contribution in [0.2, 0.25) is 5.02 Å². The Hall–Kier alpha value is -0.840. The molecule has 5 heteroatoms. The van der Waals surface area contributed by atoms with E-state index in [0.717, 1.165) is 6.42 Å². The van der Waals surface area contributed by atoms with Crippen LogP contribution in [-0.4, -0.2) is 22.2 Å². The molecule has 0 radical (unpaired) electrons. The van der Waals surface area contributed by atoms with E-state index in [9.17, 15) is 5.11 Å². The van der Waals surface area contributed by atoms with E-state index in [2.05, 4.69) is 31.1 Å². The molecule has 0 spiro atoms. The number of rotatable bonds is 5. The quantitative estimate of drug-likeness (QED) is 0.769. The summed E-state index contributed by atoms with van der Waals surface area (Å²) in [5.74, 6) is 0.298. The van der Waals surface area contributed by atoms with Crippen LogP contribution in [0.5, 0.6) is 0 Å². The lowest BCUT2D eigenvalue weighted by Gasteiger charge is -2.26. The monoisotopic (exact) mass is 271 g/mol. The summed E-state index contributed by atoms with van der Waals surface area (Å²) < 4.78 is 0. The number of hydrogen-bond donors (Lipinski definition) is 3. The molecule has 4 nitrogen and oxygen atoms in total. The Balaban J connectivity index is 2.79. The first-order valence-corrected chi connectivity index (χ1v) is 6.50. The maximum Gasteiger partial charge on any atom is 0.142 e. The smallest absolute Gasteiger partial charge is 0.142 e. The highest BCUT2D eigenvalue weighted by molar-refractivity contribution is 6.32. The van der Waals surface area contributed by atoms with E-state index in [4.69, 9.17) is 17.3 Å². The van der Waals surface area contributed by atoms with E-state index in [-0.39, 0.29) is 5.54 Å². The minimum atomic E-state index is -0.638. The number of hydrogen-bond acceptors (Lipinski definition) is 4. The predicted molar refractivity (Wildman–Crippen MR) is 75.7 cm³/mol. The van der Waals surface area contributed by atoms with Gasteiger partial charge in [-0.1, -0.05) is 18.5 Å². The summed E-state index contributed by atoms with van der Waals surface area (Å²) in [6, 6.07) is 1.69. The molecule has 0 saturated heterocycles. The maximum absolute atomic E-state index is 10.2. The van der Waals surface area contributed by atoms with Crippen molar-refractivity contribution >= 4 is 17.4 Å². The lowest BCUT2D eigenvalue weighted by molar-refractivity contribution is 0.159. The van der Waals surface area contributed by atoms with Crippen molar-refractivity contribution in [2.45, 2.75) is 45.8 Å². The molecule has 0 unspecified atom stereocenters. The first kappa shape index (κ1) is 15.2. The number of anilines is 1. The number of aliphatic hydroxyl groups excluding tert-OH is 1. The number of nitrogens with zero attached hydrogens (tertiary/aromatic N) is 1. The molecule has 1 aromatic heterocycles. The Labute approximate surface area is 114 Å². The Morgan fingerprint density at radius 1 is 1.56 bits per heavy atom. The van der Waals surface area contributed by atoms with Gasteiger partial charge in [-0.25, -0.2) is 4.98 Å². The number of aliphatic hydroxyl groups is 1. The summed E-state index contributed by atoms with van der Waals surface area (Å²) in [5.41, 5.74) is 7.04. The lowest BCUT2D eigenvalue weighted by atomic mass is 10.0. The highest BCUT2D eigenvalue weighted by Gasteiger charge is 2.19. The van der Waals surface area contributed by atoms with Crippen LogP contribution in [-0.2, 0) is 0 Å². The Morgan fingerprint density at radius 2 is 2.17 bits per heavy atom. The van der Waals surface area contributed by atoms with Crippen molar-refractivity contribution in [2.75, 3.05) is 12.3 Å². The summed E-state index contributed by atoms with van der Waals surface area (Å²) in [6.07, 6.45) is 0.348. The normalized spacial score (nSPS) is 13.7. The first-order chi connectivity index (χ1) is 8.26. The third-order valence-electron chi connectivity index (χ3n) is 3.25. The van der Waals surface area contributed by atoms with E-state index in [0.29, 0.717) is 28.6 Å². The van der Waals surface area contributed by atoms with Gasteiger partial charge in [-0.05, 0) is 33.3 Å². The van der Waals surface area contributed by atoms with Crippen LogP contribution in [0.15, 0.2) is 6.07 Å². The highest BCUT2D eigenvalue weighted by atomic mass is 35.5. The number of aromatic nitrogens is 1. The van der Waals surface area contributed by atoms with Crippen LogP contribution < -0.4 is 11.1 Å². The van der Waals surface area contributed by atoms with Gasteiger partial charge in [-0.3, -0.25) is 0 Å². The predicted octanol–water partition coefficient (Wildman–Crippen LogP) is 2.44. The summed E-state index contributed by atoms with van der Waals surface area (Å²) in [7, 11) is 0. The average molecular weight is 272 g/mol. The molecule has 0 saturated carbocycles. The minimum absolute atomic E-state index is 0.0000832. The van der Waals surface area contributed by atoms with Crippen LogP contribution in [0, 0.1) is 6.92 Å². The van der Waals surface area contributed by atoms with Crippen molar-refractivity contribution < 1.29 is 5.11 Å². The number of nitrogens with two attached hydrogens (primary N) is 1. The van der Waals surface area contributed by atoms with Crippen LogP contribution in [0.1, 0.15) is 44.6 Å². The van der Waals surface area contributed by atoms with E-state index in [1.54, 1.807) is 6.07 Å². The van der Waals surface area contributed by atoms with Gasteiger partial charge in [0.05, 0.1) is 11.1 Å². The fourth-order valence-electron chi connectivity index (χ4n) is 1.56. The van der Waals surface area contributed by atoms with Crippen LogP contribution in [0.3, 0.4) is 0 Å².